The van der Waals surface area contributed by atoms with Crippen molar-refractivity contribution in [2.75, 3.05) is 26.7 Å². The number of carbonyl (C=O) groups is 2. The molecule has 0 radical (unpaired) electrons. The van der Waals surface area contributed by atoms with Gasteiger partial charge >= 0.3 is 0 Å². The summed E-state index contributed by atoms with van der Waals surface area (Å²) >= 11 is 0. The number of methoxy groups -OCH3 is 1. The molecular weight excluding hydrogens is 354 g/mol. The average Bonchev–Trinajstić information content (AvgIpc) is 2.73. The van der Waals surface area contributed by atoms with Crippen LogP contribution in [-0.4, -0.2) is 48.4 Å². The van der Waals surface area contributed by atoms with Crippen LogP contribution in [0.5, 0.6) is 5.75 Å². The van der Waals surface area contributed by atoms with E-state index in [1.807, 2.05) is 29.2 Å². The summed E-state index contributed by atoms with van der Waals surface area (Å²) in [5, 5.41) is 2.90. The van der Waals surface area contributed by atoms with Crippen LogP contribution >= 0.6 is 0 Å². The highest BCUT2D eigenvalue weighted by molar-refractivity contribution is 5.98. The fourth-order valence-electron chi connectivity index (χ4n) is 3.55. The number of hydrogen-bond donors (Lipinski definition) is 1. The lowest BCUT2D eigenvalue weighted by molar-refractivity contribution is 0.0677. The van der Waals surface area contributed by atoms with Gasteiger partial charge in [-0.2, -0.15) is 0 Å². The van der Waals surface area contributed by atoms with E-state index in [9.17, 15) is 9.59 Å². The van der Waals surface area contributed by atoms with Crippen LogP contribution in [0.15, 0.2) is 42.6 Å². The molecule has 6 nitrogen and oxygen atoms in total. The van der Waals surface area contributed by atoms with Crippen LogP contribution < -0.4 is 10.1 Å². The SMILES string of the molecule is COc1ccccc1CCNC(=O)c1ccnc(C(=O)N2CCCC(C)C2)c1. The Kier molecular flexibility index (Phi) is 6.63. The molecule has 1 aromatic carbocycles. The molecule has 28 heavy (non-hydrogen) atoms. The van der Waals surface area contributed by atoms with Crippen molar-refractivity contribution in [1.82, 2.24) is 15.2 Å². The van der Waals surface area contributed by atoms with Gasteiger partial charge in [0.2, 0.25) is 0 Å². The molecule has 1 aliphatic rings. The maximum Gasteiger partial charge on any atom is 0.272 e. The van der Waals surface area contributed by atoms with Crippen molar-refractivity contribution >= 4 is 11.8 Å². The van der Waals surface area contributed by atoms with Crippen molar-refractivity contribution in [1.29, 1.82) is 0 Å². The van der Waals surface area contributed by atoms with E-state index in [0.717, 1.165) is 37.2 Å². The van der Waals surface area contributed by atoms with Crippen LogP contribution in [0.25, 0.3) is 0 Å². The number of aromatic nitrogens is 1. The molecule has 1 N–H and O–H groups in total. The molecule has 1 unspecified atom stereocenters. The molecule has 1 aliphatic heterocycles. The standard InChI is InChI=1S/C22H27N3O3/c1-16-6-5-13-25(15-16)22(27)19-14-18(10-11-23-19)21(26)24-12-9-17-7-3-4-8-20(17)28-2/h3-4,7-8,10-11,14,16H,5-6,9,12-13,15H2,1-2H3,(H,24,26). The van der Waals surface area contributed by atoms with Crippen LogP contribution in [0.1, 0.15) is 46.2 Å². The first-order valence-electron chi connectivity index (χ1n) is 9.74. The van der Waals surface area contributed by atoms with Gasteiger partial charge in [-0.3, -0.25) is 14.6 Å². The minimum absolute atomic E-state index is 0.102. The maximum atomic E-state index is 12.7. The Labute approximate surface area is 165 Å². The van der Waals surface area contributed by atoms with E-state index in [0.29, 0.717) is 30.1 Å². The number of pyridine rings is 1. The third-order valence-electron chi connectivity index (χ3n) is 5.06. The van der Waals surface area contributed by atoms with Gasteiger partial charge in [-0.05, 0) is 48.9 Å². The molecule has 1 atom stereocenters. The summed E-state index contributed by atoms with van der Waals surface area (Å²) < 4.78 is 5.33. The lowest BCUT2D eigenvalue weighted by atomic mass is 10.00. The Morgan fingerprint density at radius 1 is 1.29 bits per heavy atom. The van der Waals surface area contributed by atoms with Gasteiger partial charge in [0.05, 0.1) is 7.11 Å². The Morgan fingerprint density at radius 2 is 2.11 bits per heavy atom. The van der Waals surface area contributed by atoms with Gasteiger partial charge in [0.15, 0.2) is 0 Å². The van der Waals surface area contributed by atoms with Crippen molar-refractivity contribution in [2.24, 2.45) is 5.92 Å². The number of likely N-dealkylation sites (tertiary alicyclic amines) is 1. The second kappa shape index (κ2) is 9.35. The summed E-state index contributed by atoms with van der Waals surface area (Å²) in [6, 6.07) is 11.0. The summed E-state index contributed by atoms with van der Waals surface area (Å²) in [6.45, 7) is 4.13. The number of nitrogens with zero attached hydrogens (tertiary/aromatic N) is 2. The Morgan fingerprint density at radius 3 is 2.89 bits per heavy atom. The largest absolute Gasteiger partial charge is 0.496 e. The maximum absolute atomic E-state index is 12.7. The molecule has 2 aromatic rings. The van der Waals surface area contributed by atoms with Gasteiger partial charge < -0.3 is 15.0 Å². The van der Waals surface area contributed by atoms with E-state index in [4.69, 9.17) is 4.74 Å². The molecule has 3 rings (SSSR count). The van der Waals surface area contributed by atoms with Gasteiger partial charge in [-0.25, -0.2) is 0 Å². The number of para-hydroxylation sites is 1. The highest BCUT2D eigenvalue weighted by atomic mass is 16.5. The topological polar surface area (TPSA) is 71.5 Å². The first-order chi connectivity index (χ1) is 13.6. The second-order valence-electron chi connectivity index (χ2n) is 7.25. The van der Waals surface area contributed by atoms with E-state index < -0.39 is 0 Å². The van der Waals surface area contributed by atoms with E-state index in [-0.39, 0.29) is 11.8 Å². The Bertz CT molecular complexity index is 837. The van der Waals surface area contributed by atoms with E-state index in [1.54, 1.807) is 19.2 Å². The van der Waals surface area contributed by atoms with Gasteiger partial charge in [0.1, 0.15) is 11.4 Å². The zero-order valence-corrected chi connectivity index (χ0v) is 16.5. The van der Waals surface area contributed by atoms with Crippen LogP contribution in [0, 0.1) is 5.92 Å². The molecule has 6 heteroatoms. The molecule has 0 bridgehead atoms. The highest BCUT2D eigenvalue weighted by Gasteiger charge is 2.23. The van der Waals surface area contributed by atoms with E-state index in [2.05, 4.69) is 17.2 Å². The molecule has 1 saturated heterocycles. The van der Waals surface area contributed by atoms with Crippen LogP contribution in [0.3, 0.4) is 0 Å². The number of ether oxygens (including phenoxy) is 1. The minimum atomic E-state index is -0.210. The predicted octanol–water partition coefficient (Wildman–Crippen LogP) is 2.93. The average molecular weight is 381 g/mol. The van der Waals surface area contributed by atoms with Crippen LogP contribution in [0.4, 0.5) is 0 Å². The molecule has 148 valence electrons. The highest BCUT2D eigenvalue weighted by Crippen LogP contribution is 2.18. The van der Waals surface area contributed by atoms with Gasteiger partial charge in [-0.15, -0.1) is 0 Å². The quantitative estimate of drug-likeness (QED) is 0.835. The number of carbonyl (C=O) groups excluding carboxylic acids is 2. The molecule has 1 aromatic heterocycles. The van der Waals surface area contributed by atoms with E-state index >= 15 is 0 Å². The molecule has 0 spiro atoms. The number of rotatable bonds is 6. The summed E-state index contributed by atoms with van der Waals surface area (Å²) in [6.07, 6.45) is 4.34. The van der Waals surface area contributed by atoms with Crippen LogP contribution in [0.2, 0.25) is 0 Å². The zero-order chi connectivity index (χ0) is 19.9. The number of hydrogen-bond acceptors (Lipinski definition) is 4. The number of benzene rings is 1. The third-order valence-corrected chi connectivity index (χ3v) is 5.06. The van der Waals surface area contributed by atoms with Crippen molar-refractivity contribution < 1.29 is 14.3 Å². The van der Waals surface area contributed by atoms with Crippen molar-refractivity contribution in [3.8, 4) is 5.75 Å². The van der Waals surface area contributed by atoms with Crippen LogP contribution in [-0.2, 0) is 6.42 Å². The smallest absolute Gasteiger partial charge is 0.272 e. The number of piperidine rings is 1. The van der Waals surface area contributed by atoms with E-state index in [1.165, 1.54) is 6.20 Å². The summed E-state index contributed by atoms with van der Waals surface area (Å²) in [7, 11) is 1.63. The first kappa shape index (κ1) is 19.9. The van der Waals surface area contributed by atoms with Crippen molar-refractivity contribution in [2.45, 2.75) is 26.2 Å². The van der Waals surface area contributed by atoms with Gasteiger partial charge in [0, 0.05) is 31.4 Å². The lowest BCUT2D eigenvalue weighted by Gasteiger charge is -2.30. The van der Waals surface area contributed by atoms with Gasteiger partial charge in [-0.1, -0.05) is 25.1 Å². The third kappa shape index (κ3) is 4.88. The predicted molar refractivity (Wildman–Crippen MR) is 108 cm³/mol. The molecular formula is C22H27N3O3. The summed E-state index contributed by atoms with van der Waals surface area (Å²) in [5.41, 5.74) is 1.81. The summed E-state index contributed by atoms with van der Waals surface area (Å²) in [5.74, 6) is 0.997. The Balaban J connectivity index is 1.60. The second-order valence-corrected chi connectivity index (χ2v) is 7.25. The minimum Gasteiger partial charge on any atom is -0.496 e. The fourth-order valence-corrected chi connectivity index (χ4v) is 3.55. The normalized spacial score (nSPS) is 16.5. The molecule has 1 fully saturated rings. The zero-order valence-electron chi connectivity index (χ0n) is 16.5. The molecule has 0 saturated carbocycles. The number of amides is 2. The first-order valence-corrected chi connectivity index (χ1v) is 9.74. The van der Waals surface area contributed by atoms with Gasteiger partial charge in [0.25, 0.3) is 11.8 Å². The van der Waals surface area contributed by atoms with Crippen molar-refractivity contribution in [3.05, 3.63) is 59.4 Å². The lowest BCUT2D eigenvalue weighted by Crippen LogP contribution is -2.39. The van der Waals surface area contributed by atoms with Crippen molar-refractivity contribution in [3.63, 3.8) is 0 Å². The molecule has 2 heterocycles. The summed E-state index contributed by atoms with van der Waals surface area (Å²) in [4.78, 5) is 31.2. The monoisotopic (exact) mass is 381 g/mol. The fraction of sp³-hybridized carbons (Fsp3) is 0.409. The molecule has 0 aliphatic carbocycles. The molecule has 2 amide bonds. The number of nitrogens with one attached hydrogen (secondary N) is 1. The Hall–Kier alpha value is -2.89.